The maximum absolute atomic E-state index is 12.8. The fourth-order valence-corrected chi connectivity index (χ4v) is 7.43. The molecule has 0 spiro atoms. The molecule has 0 saturated heterocycles. The molecule has 0 heterocycles. The summed E-state index contributed by atoms with van der Waals surface area (Å²) in [6.45, 7) is 6.56. The third-order valence-corrected chi connectivity index (χ3v) is 11.5. The first-order valence-corrected chi connectivity index (χ1v) is 26.8. The molecule has 0 aromatic rings. The zero-order valence-electron chi connectivity index (χ0n) is 41.6. The van der Waals surface area contributed by atoms with E-state index in [2.05, 4.69) is 81.5 Å². The molecule has 6 nitrogen and oxygen atoms in total. The van der Waals surface area contributed by atoms with Crippen molar-refractivity contribution in [3.63, 3.8) is 0 Å². The summed E-state index contributed by atoms with van der Waals surface area (Å²) in [7, 11) is 0. The first kappa shape index (κ1) is 60.1. The van der Waals surface area contributed by atoms with Crippen molar-refractivity contribution in [3.8, 4) is 0 Å². The molecule has 364 valence electrons. The molecular formula is C57H100O6. The van der Waals surface area contributed by atoms with E-state index in [1.54, 1.807) is 0 Å². The molecule has 0 N–H and O–H groups in total. The Morgan fingerprint density at radius 2 is 0.587 bits per heavy atom. The van der Waals surface area contributed by atoms with E-state index in [0.29, 0.717) is 19.3 Å². The molecule has 0 aromatic carbocycles. The van der Waals surface area contributed by atoms with Crippen molar-refractivity contribution in [2.24, 2.45) is 0 Å². The Balaban J connectivity index is 4.46. The third kappa shape index (κ3) is 50.0. The van der Waals surface area contributed by atoms with Crippen LogP contribution >= 0.6 is 0 Å². The van der Waals surface area contributed by atoms with Gasteiger partial charge < -0.3 is 14.2 Å². The standard InChI is InChI=1S/C57H100O6/c1-4-7-10-13-16-19-22-25-27-29-31-32-35-38-41-44-47-50-56(59)62-53-54(52-61-55(58)49-46-43-40-37-34-24-21-18-15-12-9-6-3)63-57(60)51-48-45-42-39-36-33-30-28-26-23-20-17-14-11-8-5-2/h16,19,25,27-28,30-32,38,41,54H,4-15,17-18,20-24,26,29,33-37,39-40,42-53H2,1-3H3/b19-16-,27-25-,30-28-,32-31-,41-38-/t54-/m1/s1. The summed E-state index contributed by atoms with van der Waals surface area (Å²) < 4.78 is 16.8. The maximum Gasteiger partial charge on any atom is 0.306 e. The molecule has 0 aliphatic heterocycles. The van der Waals surface area contributed by atoms with Crippen LogP contribution in [0.1, 0.15) is 265 Å². The van der Waals surface area contributed by atoms with Gasteiger partial charge in [0.1, 0.15) is 13.2 Å². The summed E-state index contributed by atoms with van der Waals surface area (Å²) in [5.41, 5.74) is 0. The van der Waals surface area contributed by atoms with Crippen LogP contribution < -0.4 is 0 Å². The Morgan fingerprint density at radius 3 is 1.00 bits per heavy atom. The highest BCUT2D eigenvalue weighted by Crippen LogP contribution is 2.15. The molecular weight excluding hydrogens is 781 g/mol. The minimum absolute atomic E-state index is 0.0925. The molecule has 63 heavy (non-hydrogen) atoms. The van der Waals surface area contributed by atoms with Gasteiger partial charge in [-0.2, -0.15) is 0 Å². The number of unbranched alkanes of at least 4 members (excludes halogenated alkanes) is 27. The lowest BCUT2D eigenvalue weighted by Crippen LogP contribution is -2.30. The van der Waals surface area contributed by atoms with E-state index in [1.165, 1.54) is 141 Å². The van der Waals surface area contributed by atoms with Gasteiger partial charge in [-0.15, -0.1) is 0 Å². The van der Waals surface area contributed by atoms with Crippen molar-refractivity contribution < 1.29 is 28.6 Å². The highest BCUT2D eigenvalue weighted by atomic mass is 16.6. The number of esters is 3. The quantitative estimate of drug-likeness (QED) is 0.0262. The third-order valence-electron chi connectivity index (χ3n) is 11.5. The van der Waals surface area contributed by atoms with E-state index in [-0.39, 0.29) is 37.5 Å². The van der Waals surface area contributed by atoms with Gasteiger partial charge in [0.05, 0.1) is 0 Å². The van der Waals surface area contributed by atoms with Gasteiger partial charge >= 0.3 is 17.9 Å². The van der Waals surface area contributed by atoms with Crippen LogP contribution in [0.5, 0.6) is 0 Å². The minimum atomic E-state index is -0.797. The number of carbonyl (C=O) groups excluding carboxylic acids is 3. The number of allylic oxidation sites excluding steroid dienone is 10. The van der Waals surface area contributed by atoms with Gasteiger partial charge in [0.25, 0.3) is 0 Å². The van der Waals surface area contributed by atoms with Gasteiger partial charge in [0.15, 0.2) is 6.10 Å². The van der Waals surface area contributed by atoms with Crippen molar-refractivity contribution in [2.45, 2.75) is 271 Å². The Morgan fingerprint density at radius 1 is 0.317 bits per heavy atom. The fraction of sp³-hybridized carbons (Fsp3) is 0.772. The number of carbonyl (C=O) groups is 3. The maximum atomic E-state index is 12.8. The molecule has 1 atom stereocenters. The average molecular weight is 881 g/mol. The molecule has 0 rings (SSSR count). The van der Waals surface area contributed by atoms with Gasteiger partial charge in [-0.05, 0) is 83.5 Å². The summed E-state index contributed by atoms with van der Waals surface area (Å²) in [5.74, 6) is -0.953. The van der Waals surface area contributed by atoms with Crippen LogP contribution in [0.4, 0.5) is 0 Å². The summed E-state index contributed by atoms with van der Waals surface area (Å²) in [6, 6.07) is 0. The van der Waals surface area contributed by atoms with Crippen molar-refractivity contribution in [1.82, 2.24) is 0 Å². The predicted molar refractivity (Wildman–Crippen MR) is 270 cm³/mol. The van der Waals surface area contributed by atoms with Crippen LogP contribution in [0.25, 0.3) is 0 Å². The van der Waals surface area contributed by atoms with Crippen molar-refractivity contribution >= 4 is 17.9 Å². The van der Waals surface area contributed by atoms with Crippen LogP contribution in [0, 0.1) is 0 Å². The number of hydrogen-bond acceptors (Lipinski definition) is 6. The zero-order chi connectivity index (χ0) is 45.8. The molecule has 0 aliphatic carbocycles. The van der Waals surface area contributed by atoms with Gasteiger partial charge in [0, 0.05) is 19.3 Å². The molecule has 0 aliphatic rings. The smallest absolute Gasteiger partial charge is 0.306 e. The van der Waals surface area contributed by atoms with Crippen LogP contribution in [-0.4, -0.2) is 37.2 Å². The van der Waals surface area contributed by atoms with E-state index in [9.17, 15) is 14.4 Å². The molecule has 0 amide bonds. The van der Waals surface area contributed by atoms with Crippen LogP contribution in [-0.2, 0) is 28.6 Å². The summed E-state index contributed by atoms with van der Waals surface area (Å²) >= 11 is 0. The van der Waals surface area contributed by atoms with E-state index < -0.39 is 6.10 Å². The predicted octanol–water partition coefficient (Wildman–Crippen LogP) is 17.6. The Labute approximate surface area is 390 Å². The van der Waals surface area contributed by atoms with Crippen LogP contribution in [0.3, 0.4) is 0 Å². The second-order valence-corrected chi connectivity index (χ2v) is 17.8. The van der Waals surface area contributed by atoms with Crippen molar-refractivity contribution in [1.29, 1.82) is 0 Å². The largest absolute Gasteiger partial charge is 0.462 e. The van der Waals surface area contributed by atoms with E-state index in [0.717, 1.165) is 77.0 Å². The number of rotatable bonds is 48. The Hall–Kier alpha value is -2.89. The molecule has 0 radical (unpaired) electrons. The SMILES string of the molecule is CCCCC/C=C\C/C=C\C/C=C\C/C=C\CCCC(=O)OC[C@@H](COC(=O)CCCCCCCCCCCCCC)OC(=O)CCCCCCC/C=C\CCCCCCCCC. The van der Waals surface area contributed by atoms with E-state index >= 15 is 0 Å². The summed E-state index contributed by atoms with van der Waals surface area (Å²) in [4.78, 5) is 38.0. The lowest BCUT2D eigenvalue weighted by Gasteiger charge is -2.18. The minimum Gasteiger partial charge on any atom is -0.462 e. The summed E-state index contributed by atoms with van der Waals surface area (Å²) in [6.07, 6.45) is 63.5. The first-order valence-electron chi connectivity index (χ1n) is 26.8. The van der Waals surface area contributed by atoms with Crippen LogP contribution in [0.2, 0.25) is 0 Å². The van der Waals surface area contributed by atoms with Gasteiger partial charge in [-0.25, -0.2) is 0 Å². The molecule has 0 aromatic heterocycles. The normalized spacial score (nSPS) is 12.5. The van der Waals surface area contributed by atoms with Crippen molar-refractivity contribution in [3.05, 3.63) is 60.8 Å². The van der Waals surface area contributed by atoms with Crippen LogP contribution in [0.15, 0.2) is 60.8 Å². The number of ether oxygens (including phenoxy) is 3. The molecule has 0 unspecified atom stereocenters. The van der Waals surface area contributed by atoms with Crippen molar-refractivity contribution in [2.75, 3.05) is 13.2 Å². The topological polar surface area (TPSA) is 78.9 Å². The van der Waals surface area contributed by atoms with Gasteiger partial charge in [-0.3, -0.25) is 14.4 Å². The Kier molecular flexibility index (Phi) is 49.4. The van der Waals surface area contributed by atoms with Gasteiger partial charge in [-0.1, -0.05) is 223 Å². The Bertz CT molecular complexity index is 1150. The molecule has 0 fully saturated rings. The average Bonchev–Trinajstić information content (AvgIpc) is 3.28. The highest BCUT2D eigenvalue weighted by Gasteiger charge is 2.19. The van der Waals surface area contributed by atoms with E-state index in [4.69, 9.17) is 14.2 Å². The lowest BCUT2D eigenvalue weighted by atomic mass is 10.0. The second-order valence-electron chi connectivity index (χ2n) is 17.8. The van der Waals surface area contributed by atoms with Gasteiger partial charge in [0.2, 0.25) is 0 Å². The molecule has 0 saturated carbocycles. The molecule has 0 bridgehead atoms. The zero-order valence-corrected chi connectivity index (χ0v) is 41.6. The number of hydrogen-bond donors (Lipinski definition) is 0. The highest BCUT2D eigenvalue weighted by molar-refractivity contribution is 5.71. The fourth-order valence-electron chi connectivity index (χ4n) is 7.43. The monoisotopic (exact) mass is 881 g/mol. The van der Waals surface area contributed by atoms with E-state index in [1.807, 2.05) is 0 Å². The summed E-state index contributed by atoms with van der Waals surface area (Å²) in [5, 5.41) is 0. The lowest BCUT2D eigenvalue weighted by molar-refractivity contribution is -0.167. The molecule has 6 heteroatoms. The first-order chi connectivity index (χ1) is 31.0. The second kappa shape index (κ2) is 51.7.